The van der Waals surface area contributed by atoms with Crippen molar-refractivity contribution in [3.8, 4) is 0 Å². The number of halogens is 2. The Hall–Kier alpha value is -1.38. The summed E-state index contributed by atoms with van der Waals surface area (Å²) in [6, 6.07) is 13.0. The average molecular weight is 278 g/mol. The van der Waals surface area contributed by atoms with Crippen molar-refractivity contribution in [1.29, 1.82) is 0 Å². The summed E-state index contributed by atoms with van der Waals surface area (Å²) in [7, 11) is 0. The summed E-state index contributed by atoms with van der Waals surface area (Å²) in [4.78, 5) is 0. The highest BCUT2D eigenvalue weighted by Gasteiger charge is 2.23. The van der Waals surface area contributed by atoms with Gasteiger partial charge in [0.1, 0.15) is 5.82 Å². The maximum atomic E-state index is 13.9. The number of nitrogens with two attached hydrogens (primary N) is 1. The van der Waals surface area contributed by atoms with Crippen molar-refractivity contribution in [2.24, 2.45) is 5.73 Å². The molecule has 1 nitrogen and oxygen atoms in total. The van der Waals surface area contributed by atoms with E-state index >= 15 is 0 Å². The third-order valence-corrected chi connectivity index (χ3v) is 3.56. The molecule has 0 aliphatic carbocycles. The Kier molecular flexibility index (Phi) is 3.93. The molecule has 0 aliphatic rings. The van der Waals surface area contributed by atoms with E-state index in [1.807, 2.05) is 38.1 Å². The molecular weight excluding hydrogens is 261 g/mol. The second-order valence-corrected chi connectivity index (χ2v) is 5.58. The summed E-state index contributed by atoms with van der Waals surface area (Å²) in [6.45, 7) is 3.92. The van der Waals surface area contributed by atoms with Crippen molar-refractivity contribution < 1.29 is 4.39 Å². The molecule has 0 heterocycles. The van der Waals surface area contributed by atoms with Gasteiger partial charge in [0.2, 0.25) is 0 Å². The molecule has 1 unspecified atom stereocenters. The van der Waals surface area contributed by atoms with Crippen LogP contribution >= 0.6 is 11.6 Å². The first-order valence-corrected chi connectivity index (χ1v) is 6.57. The van der Waals surface area contributed by atoms with E-state index in [-0.39, 0.29) is 10.8 Å². The van der Waals surface area contributed by atoms with Crippen molar-refractivity contribution in [3.63, 3.8) is 0 Å². The number of aryl methyl sites for hydroxylation is 1. The van der Waals surface area contributed by atoms with Crippen LogP contribution in [0.25, 0.3) is 0 Å². The van der Waals surface area contributed by atoms with E-state index in [1.165, 1.54) is 0 Å². The van der Waals surface area contributed by atoms with E-state index in [2.05, 4.69) is 0 Å². The third kappa shape index (κ3) is 3.14. The van der Waals surface area contributed by atoms with Gasteiger partial charge in [-0.25, -0.2) is 4.39 Å². The predicted molar refractivity (Wildman–Crippen MR) is 77.8 cm³/mol. The number of hydrogen-bond donors (Lipinski definition) is 1. The molecule has 19 heavy (non-hydrogen) atoms. The minimum absolute atomic E-state index is 0.137. The molecule has 0 spiro atoms. The maximum Gasteiger partial charge on any atom is 0.145 e. The Balaban J connectivity index is 2.33. The SMILES string of the molecule is Cc1cccc(C(C)(N)Cc2cccc(Cl)c2F)c1. The van der Waals surface area contributed by atoms with E-state index in [1.54, 1.807) is 18.2 Å². The lowest BCUT2D eigenvalue weighted by atomic mass is 9.86. The lowest BCUT2D eigenvalue weighted by Gasteiger charge is -2.26. The van der Waals surface area contributed by atoms with Crippen molar-refractivity contribution in [2.75, 3.05) is 0 Å². The van der Waals surface area contributed by atoms with Gasteiger partial charge in [-0.2, -0.15) is 0 Å². The van der Waals surface area contributed by atoms with Crippen molar-refractivity contribution in [3.05, 3.63) is 70.0 Å². The fourth-order valence-corrected chi connectivity index (χ4v) is 2.38. The van der Waals surface area contributed by atoms with Crippen LogP contribution in [0.1, 0.15) is 23.6 Å². The van der Waals surface area contributed by atoms with Gasteiger partial charge in [-0.1, -0.05) is 53.6 Å². The topological polar surface area (TPSA) is 26.0 Å². The second-order valence-electron chi connectivity index (χ2n) is 5.18. The number of hydrogen-bond acceptors (Lipinski definition) is 1. The summed E-state index contributed by atoms with van der Waals surface area (Å²) in [5.74, 6) is -0.381. The van der Waals surface area contributed by atoms with Gasteiger partial charge >= 0.3 is 0 Å². The molecule has 0 aliphatic heterocycles. The van der Waals surface area contributed by atoms with Gasteiger partial charge in [0, 0.05) is 5.54 Å². The minimum Gasteiger partial charge on any atom is -0.321 e. The monoisotopic (exact) mass is 277 g/mol. The van der Waals surface area contributed by atoms with Gasteiger partial charge in [0.15, 0.2) is 0 Å². The zero-order valence-corrected chi connectivity index (χ0v) is 11.8. The number of rotatable bonds is 3. The first kappa shape index (κ1) is 14.0. The van der Waals surface area contributed by atoms with Gasteiger partial charge in [-0.3, -0.25) is 0 Å². The van der Waals surface area contributed by atoms with E-state index in [9.17, 15) is 4.39 Å². The zero-order chi connectivity index (χ0) is 14.0. The van der Waals surface area contributed by atoms with Gasteiger partial charge < -0.3 is 5.73 Å². The van der Waals surface area contributed by atoms with Gasteiger partial charge in [0.25, 0.3) is 0 Å². The van der Waals surface area contributed by atoms with Crippen molar-refractivity contribution >= 4 is 11.6 Å². The third-order valence-electron chi connectivity index (χ3n) is 3.27. The fraction of sp³-hybridized carbons (Fsp3) is 0.250. The Morgan fingerprint density at radius 3 is 2.58 bits per heavy atom. The van der Waals surface area contributed by atoms with Crippen molar-refractivity contribution in [2.45, 2.75) is 25.8 Å². The highest BCUT2D eigenvalue weighted by atomic mass is 35.5. The molecule has 0 saturated carbocycles. The zero-order valence-electron chi connectivity index (χ0n) is 11.1. The van der Waals surface area contributed by atoms with Crippen LogP contribution in [-0.2, 0) is 12.0 Å². The summed E-state index contributed by atoms with van der Waals surface area (Å²) in [5, 5.41) is 0.137. The van der Waals surface area contributed by atoms with Gasteiger partial charge in [-0.05, 0) is 37.5 Å². The molecule has 1 atom stereocenters. The second kappa shape index (κ2) is 5.32. The van der Waals surface area contributed by atoms with E-state index in [4.69, 9.17) is 17.3 Å². The van der Waals surface area contributed by atoms with E-state index in [0.717, 1.165) is 11.1 Å². The van der Waals surface area contributed by atoms with Crippen LogP contribution in [0.3, 0.4) is 0 Å². The molecular formula is C16H17ClFN. The van der Waals surface area contributed by atoms with Gasteiger partial charge in [0.05, 0.1) is 5.02 Å². The quantitative estimate of drug-likeness (QED) is 0.894. The summed E-state index contributed by atoms with van der Waals surface area (Å²) in [6.07, 6.45) is 0.406. The highest BCUT2D eigenvalue weighted by Crippen LogP contribution is 2.27. The van der Waals surface area contributed by atoms with E-state index < -0.39 is 5.54 Å². The van der Waals surface area contributed by atoms with Crippen molar-refractivity contribution in [1.82, 2.24) is 0 Å². The predicted octanol–water partition coefficient (Wildman–Crippen LogP) is 4.20. The molecule has 100 valence electrons. The molecule has 0 saturated heterocycles. The lowest BCUT2D eigenvalue weighted by molar-refractivity contribution is 0.475. The Morgan fingerprint density at radius 1 is 1.21 bits per heavy atom. The highest BCUT2D eigenvalue weighted by molar-refractivity contribution is 6.30. The summed E-state index contributed by atoms with van der Waals surface area (Å²) >= 11 is 5.80. The average Bonchev–Trinajstić information content (AvgIpc) is 2.35. The van der Waals surface area contributed by atoms with Crippen LogP contribution in [-0.4, -0.2) is 0 Å². The molecule has 0 aromatic heterocycles. The first-order valence-electron chi connectivity index (χ1n) is 6.19. The summed E-state index contributed by atoms with van der Waals surface area (Å²) < 4.78 is 13.9. The normalized spacial score (nSPS) is 14.2. The molecule has 2 rings (SSSR count). The van der Waals surface area contributed by atoms with Crippen LogP contribution in [0.5, 0.6) is 0 Å². The molecule has 3 heteroatoms. The molecule has 0 bridgehead atoms. The Morgan fingerprint density at radius 2 is 1.89 bits per heavy atom. The standard InChI is InChI=1S/C16H17ClFN/c1-11-5-3-7-13(9-11)16(2,19)10-12-6-4-8-14(17)15(12)18/h3-9H,10,19H2,1-2H3. The van der Waals surface area contributed by atoms with Crippen LogP contribution in [0, 0.1) is 12.7 Å². The van der Waals surface area contributed by atoms with Crippen LogP contribution in [0.4, 0.5) is 4.39 Å². The van der Waals surface area contributed by atoms with Crippen LogP contribution < -0.4 is 5.73 Å². The molecule has 2 N–H and O–H groups in total. The van der Waals surface area contributed by atoms with E-state index in [0.29, 0.717) is 12.0 Å². The molecule has 0 fully saturated rings. The molecule has 2 aromatic rings. The maximum absolute atomic E-state index is 13.9. The Bertz CT molecular complexity index is 593. The first-order chi connectivity index (χ1) is 8.90. The molecule has 2 aromatic carbocycles. The molecule has 0 radical (unpaired) electrons. The van der Waals surface area contributed by atoms with Gasteiger partial charge in [-0.15, -0.1) is 0 Å². The van der Waals surface area contributed by atoms with Crippen LogP contribution in [0.2, 0.25) is 5.02 Å². The smallest absolute Gasteiger partial charge is 0.145 e. The number of benzene rings is 2. The molecule has 0 amide bonds. The summed E-state index contributed by atoms with van der Waals surface area (Å²) in [5.41, 5.74) is 8.39. The fourth-order valence-electron chi connectivity index (χ4n) is 2.18. The largest absolute Gasteiger partial charge is 0.321 e. The lowest BCUT2D eigenvalue weighted by Crippen LogP contribution is -2.35. The minimum atomic E-state index is -0.627. The Labute approximate surface area is 118 Å². The van der Waals surface area contributed by atoms with Crippen LogP contribution in [0.15, 0.2) is 42.5 Å².